The largest absolute Gasteiger partial charge is 0.481 e. The van der Waals surface area contributed by atoms with Crippen LogP contribution in [0.15, 0.2) is 18.3 Å². The number of aliphatic carboxylic acids is 1. The zero-order valence-electron chi connectivity index (χ0n) is 10.1. The minimum Gasteiger partial charge on any atom is -0.481 e. The molecule has 0 saturated carbocycles. The molecule has 0 saturated heterocycles. The maximum absolute atomic E-state index is 10.4. The Morgan fingerprint density at radius 3 is 2.88 bits per heavy atom. The summed E-state index contributed by atoms with van der Waals surface area (Å²) in [7, 11) is 0. The lowest BCUT2D eigenvalue weighted by Gasteiger charge is -2.14. The highest BCUT2D eigenvalue weighted by atomic mass is 16.5. The number of nitrogens with one attached hydrogen (secondary N) is 1. The fourth-order valence-corrected chi connectivity index (χ4v) is 1.40. The highest BCUT2D eigenvalue weighted by Gasteiger charge is 2.05. The van der Waals surface area contributed by atoms with Gasteiger partial charge in [-0.3, -0.25) is 4.79 Å². The van der Waals surface area contributed by atoms with E-state index in [0.29, 0.717) is 18.9 Å². The van der Waals surface area contributed by atoms with Crippen LogP contribution in [0.25, 0.3) is 0 Å². The number of carbonyl (C=O) groups is 1. The zero-order valence-corrected chi connectivity index (χ0v) is 10.1. The second-order valence-electron chi connectivity index (χ2n) is 3.80. The lowest BCUT2D eigenvalue weighted by molar-refractivity contribution is -0.137. The van der Waals surface area contributed by atoms with Crippen molar-refractivity contribution in [3.05, 3.63) is 18.3 Å². The highest BCUT2D eigenvalue weighted by molar-refractivity contribution is 5.66. The Kier molecular flexibility index (Phi) is 5.26. The molecule has 1 heterocycles. The molecule has 0 aromatic carbocycles. The zero-order chi connectivity index (χ0) is 12.7. The average molecular weight is 238 g/mol. The SMILES string of the molecule is CCOc1ccc(NC(C)CCC(=O)O)cn1. The summed E-state index contributed by atoms with van der Waals surface area (Å²) in [5.74, 6) is -0.181. The molecule has 1 atom stereocenters. The molecule has 5 heteroatoms. The number of carboxylic acid groups (broad SMARTS) is 1. The molecule has 0 fully saturated rings. The molecule has 0 radical (unpaired) electrons. The van der Waals surface area contributed by atoms with Gasteiger partial charge in [0.05, 0.1) is 18.5 Å². The van der Waals surface area contributed by atoms with E-state index in [1.807, 2.05) is 19.9 Å². The molecule has 1 rings (SSSR count). The van der Waals surface area contributed by atoms with Crippen molar-refractivity contribution >= 4 is 11.7 Å². The van der Waals surface area contributed by atoms with Gasteiger partial charge in [-0.05, 0) is 26.3 Å². The van der Waals surface area contributed by atoms with Crippen LogP contribution in [0, 0.1) is 0 Å². The predicted octanol–water partition coefficient (Wildman–Crippen LogP) is 2.15. The summed E-state index contributed by atoms with van der Waals surface area (Å²) in [6, 6.07) is 3.76. The molecule has 0 spiro atoms. The normalized spacial score (nSPS) is 11.9. The molecule has 0 aliphatic heterocycles. The molecule has 17 heavy (non-hydrogen) atoms. The number of ether oxygens (including phenoxy) is 1. The Morgan fingerprint density at radius 1 is 1.59 bits per heavy atom. The average Bonchev–Trinajstić information content (AvgIpc) is 2.29. The Hall–Kier alpha value is -1.78. The van der Waals surface area contributed by atoms with E-state index in [1.165, 1.54) is 0 Å². The van der Waals surface area contributed by atoms with Crippen LogP contribution in [0.3, 0.4) is 0 Å². The van der Waals surface area contributed by atoms with Gasteiger partial charge in [0, 0.05) is 18.5 Å². The monoisotopic (exact) mass is 238 g/mol. The Bertz CT molecular complexity index is 351. The van der Waals surface area contributed by atoms with Crippen molar-refractivity contribution in [2.75, 3.05) is 11.9 Å². The minimum absolute atomic E-state index is 0.103. The number of aromatic nitrogens is 1. The molecule has 1 unspecified atom stereocenters. The third-order valence-electron chi connectivity index (χ3n) is 2.23. The lowest BCUT2D eigenvalue weighted by atomic mass is 10.2. The number of hydrogen-bond acceptors (Lipinski definition) is 4. The van der Waals surface area contributed by atoms with Crippen LogP contribution in [0.2, 0.25) is 0 Å². The maximum Gasteiger partial charge on any atom is 0.303 e. The number of carboxylic acids is 1. The second kappa shape index (κ2) is 6.73. The van der Waals surface area contributed by atoms with Crippen molar-refractivity contribution in [2.24, 2.45) is 0 Å². The second-order valence-corrected chi connectivity index (χ2v) is 3.80. The molecule has 0 aliphatic rings. The van der Waals surface area contributed by atoms with Gasteiger partial charge in [-0.1, -0.05) is 0 Å². The van der Waals surface area contributed by atoms with Crippen molar-refractivity contribution in [2.45, 2.75) is 32.7 Å². The molecule has 0 aliphatic carbocycles. The Labute approximate surface area is 101 Å². The quantitative estimate of drug-likeness (QED) is 0.761. The van der Waals surface area contributed by atoms with Crippen molar-refractivity contribution in [3.8, 4) is 5.88 Å². The van der Waals surface area contributed by atoms with Crippen molar-refractivity contribution in [1.82, 2.24) is 4.98 Å². The van der Waals surface area contributed by atoms with E-state index in [0.717, 1.165) is 5.69 Å². The molecule has 2 N–H and O–H groups in total. The van der Waals surface area contributed by atoms with Gasteiger partial charge < -0.3 is 15.2 Å². The highest BCUT2D eigenvalue weighted by Crippen LogP contribution is 2.13. The first-order valence-electron chi connectivity index (χ1n) is 5.69. The van der Waals surface area contributed by atoms with Gasteiger partial charge >= 0.3 is 5.97 Å². The third-order valence-corrected chi connectivity index (χ3v) is 2.23. The van der Waals surface area contributed by atoms with Crippen molar-refractivity contribution < 1.29 is 14.6 Å². The van der Waals surface area contributed by atoms with Gasteiger partial charge in [0.25, 0.3) is 0 Å². The number of hydrogen-bond donors (Lipinski definition) is 2. The minimum atomic E-state index is -0.775. The van der Waals surface area contributed by atoms with E-state index in [1.54, 1.807) is 12.3 Å². The van der Waals surface area contributed by atoms with Gasteiger partial charge in [0.2, 0.25) is 5.88 Å². The fraction of sp³-hybridized carbons (Fsp3) is 0.500. The van der Waals surface area contributed by atoms with E-state index in [9.17, 15) is 4.79 Å². The molecule has 1 aromatic heterocycles. The van der Waals surface area contributed by atoms with Crippen molar-refractivity contribution in [1.29, 1.82) is 0 Å². The Morgan fingerprint density at radius 2 is 2.35 bits per heavy atom. The van der Waals surface area contributed by atoms with Crippen LogP contribution in [0.5, 0.6) is 5.88 Å². The topological polar surface area (TPSA) is 71.5 Å². The summed E-state index contributed by atoms with van der Waals surface area (Å²) in [6.07, 6.45) is 2.43. The summed E-state index contributed by atoms with van der Waals surface area (Å²) in [4.78, 5) is 14.5. The molecule has 0 amide bonds. The first-order valence-corrected chi connectivity index (χ1v) is 5.69. The summed E-state index contributed by atoms with van der Waals surface area (Å²) in [5, 5.41) is 11.8. The van der Waals surface area contributed by atoms with E-state index in [-0.39, 0.29) is 12.5 Å². The van der Waals surface area contributed by atoms with E-state index in [2.05, 4.69) is 10.3 Å². The van der Waals surface area contributed by atoms with Crippen LogP contribution in [0.1, 0.15) is 26.7 Å². The van der Waals surface area contributed by atoms with E-state index < -0.39 is 5.97 Å². The summed E-state index contributed by atoms with van der Waals surface area (Å²) >= 11 is 0. The standard InChI is InChI=1S/C12H18N2O3/c1-3-17-11-6-5-10(8-13-11)14-9(2)4-7-12(15)16/h5-6,8-9,14H,3-4,7H2,1-2H3,(H,15,16). The van der Waals surface area contributed by atoms with E-state index >= 15 is 0 Å². The van der Waals surface area contributed by atoms with E-state index in [4.69, 9.17) is 9.84 Å². The molecule has 5 nitrogen and oxygen atoms in total. The summed E-state index contributed by atoms with van der Waals surface area (Å²) in [6.45, 7) is 4.44. The van der Waals surface area contributed by atoms with Crippen LogP contribution >= 0.6 is 0 Å². The first kappa shape index (κ1) is 13.3. The fourth-order valence-electron chi connectivity index (χ4n) is 1.40. The van der Waals surface area contributed by atoms with Gasteiger partial charge in [-0.15, -0.1) is 0 Å². The van der Waals surface area contributed by atoms with Crippen molar-refractivity contribution in [3.63, 3.8) is 0 Å². The van der Waals surface area contributed by atoms with Gasteiger partial charge in [0.1, 0.15) is 0 Å². The maximum atomic E-state index is 10.4. The van der Waals surface area contributed by atoms with Gasteiger partial charge in [-0.25, -0.2) is 4.98 Å². The number of pyridine rings is 1. The Balaban J connectivity index is 2.42. The smallest absolute Gasteiger partial charge is 0.303 e. The molecule has 94 valence electrons. The third kappa shape index (κ3) is 5.19. The number of anilines is 1. The van der Waals surface area contributed by atoms with Gasteiger partial charge in [-0.2, -0.15) is 0 Å². The van der Waals surface area contributed by atoms with Gasteiger partial charge in [0.15, 0.2) is 0 Å². The lowest BCUT2D eigenvalue weighted by Crippen LogP contribution is -2.16. The van der Waals surface area contributed by atoms with Crippen LogP contribution in [-0.4, -0.2) is 28.7 Å². The first-order chi connectivity index (χ1) is 8.11. The summed E-state index contributed by atoms with van der Waals surface area (Å²) in [5.41, 5.74) is 0.867. The van der Waals surface area contributed by atoms with Crippen LogP contribution in [-0.2, 0) is 4.79 Å². The molecule has 1 aromatic rings. The molecular weight excluding hydrogens is 220 g/mol. The van der Waals surface area contributed by atoms with Crippen LogP contribution < -0.4 is 10.1 Å². The summed E-state index contributed by atoms with van der Waals surface area (Å²) < 4.78 is 5.23. The molecule has 0 bridgehead atoms. The van der Waals surface area contributed by atoms with Crippen LogP contribution in [0.4, 0.5) is 5.69 Å². The predicted molar refractivity (Wildman–Crippen MR) is 65.4 cm³/mol. The molecular formula is C12H18N2O3. The number of nitrogens with zero attached hydrogens (tertiary/aromatic N) is 1. The number of rotatable bonds is 7.